The number of aryl methyl sites for hydroxylation is 1. The first-order valence-electron chi connectivity index (χ1n) is 12.6. The standard InChI is InChI=1S/C29H38F2/c1-3-5-7-9-26-18-25-15-14-24(19-27(25)29(31)28(26)30)23-13-12-21-16-20(8-6-4-2)10-11-22(21)17-23/h3,5,14-15,18-23H,4,6-13,16-17H2,1-2H3/b5-3+/t20?,21-,22?,23-/m1/s1. The molecule has 2 aliphatic rings. The molecule has 0 radical (unpaired) electrons. The summed E-state index contributed by atoms with van der Waals surface area (Å²) in [7, 11) is 0. The lowest BCUT2D eigenvalue weighted by molar-refractivity contribution is 0.113. The number of allylic oxidation sites excluding steroid dienone is 2. The highest BCUT2D eigenvalue weighted by atomic mass is 19.2. The van der Waals surface area contributed by atoms with Gasteiger partial charge in [-0.3, -0.25) is 0 Å². The van der Waals surface area contributed by atoms with Crippen molar-refractivity contribution in [3.63, 3.8) is 0 Å². The summed E-state index contributed by atoms with van der Waals surface area (Å²) in [5, 5.41) is 1.28. The van der Waals surface area contributed by atoms with Gasteiger partial charge in [0.25, 0.3) is 0 Å². The molecule has 4 rings (SSSR count). The van der Waals surface area contributed by atoms with E-state index in [-0.39, 0.29) is 0 Å². The Hall–Kier alpha value is -1.70. The summed E-state index contributed by atoms with van der Waals surface area (Å²) in [5.74, 6) is 1.82. The third-order valence-electron chi connectivity index (χ3n) is 8.09. The van der Waals surface area contributed by atoms with Gasteiger partial charge >= 0.3 is 0 Å². The normalized spacial score (nSPS) is 26.5. The number of hydrogen-bond donors (Lipinski definition) is 0. The number of halogens is 2. The molecular formula is C29H38F2. The molecule has 2 fully saturated rings. The highest BCUT2D eigenvalue weighted by Crippen LogP contribution is 2.48. The molecule has 0 aliphatic heterocycles. The molecule has 0 amide bonds. The molecule has 168 valence electrons. The Morgan fingerprint density at radius 2 is 1.77 bits per heavy atom. The molecule has 0 saturated heterocycles. The van der Waals surface area contributed by atoms with Crippen molar-refractivity contribution in [1.82, 2.24) is 0 Å². The van der Waals surface area contributed by atoms with Gasteiger partial charge in [0.2, 0.25) is 0 Å². The lowest BCUT2D eigenvalue weighted by atomic mass is 9.63. The molecule has 0 N–H and O–H groups in total. The van der Waals surface area contributed by atoms with E-state index in [1.54, 1.807) is 0 Å². The summed E-state index contributed by atoms with van der Waals surface area (Å²) in [5.41, 5.74) is 1.69. The van der Waals surface area contributed by atoms with E-state index < -0.39 is 11.6 Å². The smallest absolute Gasteiger partial charge is 0.166 e. The summed E-state index contributed by atoms with van der Waals surface area (Å²) >= 11 is 0. The lowest BCUT2D eigenvalue weighted by Crippen LogP contribution is -2.30. The molecule has 2 aromatic rings. The number of hydrogen-bond acceptors (Lipinski definition) is 0. The van der Waals surface area contributed by atoms with Crippen LogP contribution in [0.2, 0.25) is 0 Å². The monoisotopic (exact) mass is 424 g/mol. The van der Waals surface area contributed by atoms with Crippen LogP contribution in [0.4, 0.5) is 8.78 Å². The summed E-state index contributed by atoms with van der Waals surface area (Å²) in [6.45, 7) is 4.24. The van der Waals surface area contributed by atoms with Gasteiger partial charge in [-0.05, 0) is 104 Å². The quantitative estimate of drug-likeness (QED) is 0.389. The first-order valence-corrected chi connectivity index (χ1v) is 12.6. The molecule has 0 nitrogen and oxygen atoms in total. The predicted octanol–water partition coefficient (Wildman–Crippen LogP) is 9.12. The van der Waals surface area contributed by atoms with Gasteiger partial charge in [0.15, 0.2) is 11.6 Å². The van der Waals surface area contributed by atoms with Crippen LogP contribution in [0.15, 0.2) is 36.4 Å². The second kappa shape index (κ2) is 10.3. The maximum Gasteiger partial charge on any atom is 0.166 e. The minimum atomic E-state index is -0.667. The molecule has 2 aromatic carbocycles. The molecule has 0 spiro atoms. The van der Waals surface area contributed by atoms with E-state index in [1.807, 2.05) is 37.3 Å². The first kappa shape index (κ1) is 22.5. The summed E-state index contributed by atoms with van der Waals surface area (Å²) in [6.07, 6.45) is 17.2. The van der Waals surface area contributed by atoms with Crippen molar-refractivity contribution >= 4 is 10.8 Å². The van der Waals surface area contributed by atoms with Crippen molar-refractivity contribution in [3.05, 3.63) is 59.2 Å². The van der Waals surface area contributed by atoms with E-state index in [0.29, 0.717) is 23.3 Å². The zero-order chi connectivity index (χ0) is 21.8. The van der Waals surface area contributed by atoms with Gasteiger partial charge in [0.05, 0.1) is 0 Å². The second-order valence-corrected chi connectivity index (χ2v) is 10.1. The van der Waals surface area contributed by atoms with Gasteiger partial charge in [-0.2, -0.15) is 0 Å². The first-order chi connectivity index (χ1) is 15.1. The predicted molar refractivity (Wildman–Crippen MR) is 127 cm³/mol. The fourth-order valence-electron chi connectivity index (χ4n) is 6.29. The molecule has 2 aliphatic carbocycles. The maximum atomic E-state index is 14.9. The van der Waals surface area contributed by atoms with Crippen molar-refractivity contribution in [1.29, 1.82) is 0 Å². The molecule has 0 heterocycles. The molecule has 2 unspecified atom stereocenters. The van der Waals surface area contributed by atoms with Crippen LogP contribution in [-0.4, -0.2) is 0 Å². The molecular weight excluding hydrogens is 386 g/mol. The highest BCUT2D eigenvalue weighted by molar-refractivity contribution is 5.85. The van der Waals surface area contributed by atoms with Crippen molar-refractivity contribution < 1.29 is 8.78 Å². The van der Waals surface area contributed by atoms with Crippen LogP contribution in [0.25, 0.3) is 10.8 Å². The van der Waals surface area contributed by atoms with Gasteiger partial charge in [0, 0.05) is 5.39 Å². The molecule has 2 heteroatoms. The van der Waals surface area contributed by atoms with E-state index in [4.69, 9.17) is 0 Å². The van der Waals surface area contributed by atoms with E-state index in [1.165, 1.54) is 63.4 Å². The fourth-order valence-corrected chi connectivity index (χ4v) is 6.29. The van der Waals surface area contributed by atoms with E-state index in [9.17, 15) is 8.78 Å². The van der Waals surface area contributed by atoms with E-state index >= 15 is 0 Å². The Kier molecular flexibility index (Phi) is 7.46. The zero-order valence-electron chi connectivity index (χ0n) is 19.3. The van der Waals surface area contributed by atoms with Crippen molar-refractivity contribution in [2.24, 2.45) is 17.8 Å². The third kappa shape index (κ3) is 5.04. The average molecular weight is 425 g/mol. The maximum absolute atomic E-state index is 14.9. The minimum absolute atomic E-state index is 0.454. The summed E-state index contributed by atoms with van der Waals surface area (Å²) < 4.78 is 29.6. The van der Waals surface area contributed by atoms with Gasteiger partial charge in [-0.25, -0.2) is 8.78 Å². The Bertz CT molecular complexity index is 913. The topological polar surface area (TPSA) is 0 Å². The van der Waals surface area contributed by atoms with Crippen LogP contribution in [0, 0.1) is 29.4 Å². The Labute approximate surface area is 187 Å². The Morgan fingerprint density at radius 1 is 0.968 bits per heavy atom. The van der Waals surface area contributed by atoms with Crippen molar-refractivity contribution in [3.8, 4) is 0 Å². The minimum Gasteiger partial charge on any atom is -0.203 e. The number of fused-ring (bicyclic) bond motifs is 2. The van der Waals surface area contributed by atoms with Crippen LogP contribution < -0.4 is 0 Å². The largest absolute Gasteiger partial charge is 0.203 e. The van der Waals surface area contributed by atoms with Gasteiger partial charge in [0.1, 0.15) is 0 Å². The second-order valence-electron chi connectivity index (χ2n) is 10.1. The number of unbranched alkanes of at least 4 members (excludes halogenated alkanes) is 1. The molecule has 2 saturated carbocycles. The zero-order valence-corrected chi connectivity index (χ0v) is 19.3. The van der Waals surface area contributed by atoms with Crippen molar-refractivity contribution in [2.75, 3.05) is 0 Å². The Morgan fingerprint density at radius 3 is 2.58 bits per heavy atom. The van der Waals surface area contributed by atoms with Crippen LogP contribution in [-0.2, 0) is 6.42 Å². The van der Waals surface area contributed by atoms with Gasteiger partial charge in [-0.1, -0.05) is 56.9 Å². The molecule has 0 aromatic heterocycles. The van der Waals surface area contributed by atoms with Crippen molar-refractivity contribution in [2.45, 2.75) is 90.4 Å². The van der Waals surface area contributed by atoms with Gasteiger partial charge < -0.3 is 0 Å². The number of rotatable bonds is 7. The lowest BCUT2D eigenvalue weighted by Gasteiger charge is -2.42. The Balaban J connectivity index is 1.48. The average Bonchev–Trinajstić information content (AvgIpc) is 2.80. The number of benzene rings is 2. The van der Waals surface area contributed by atoms with E-state index in [2.05, 4.69) is 13.0 Å². The molecule has 4 atom stereocenters. The van der Waals surface area contributed by atoms with Gasteiger partial charge in [-0.15, -0.1) is 0 Å². The SMILES string of the molecule is C/C=C/CCc1cc2ccc([C@@H]3CC[C@@H]4CC(CCCC)CCC4C3)cc2c(F)c1F. The fraction of sp³-hybridized carbons (Fsp3) is 0.586. The van der Waals surface area contributed by atoms with Crippen LogP contribution in [0.3, 0.4) is 0 Å². The summed E-state index contributed by atoms with van der Waals surface area (Å²) in [4.78, 5) is 0. The summed E-state index contributed by atoms with van der Waals surface area (Å²) in [6, 6.07) is 7.98. The van der Waals surface area contributed by atoms with Crippen LogP contribution in [0.5, 0.6) is 0 Å². The third-order valence-corrected chi connectivity index (χ3v) is 8.09. The van der Waals surface area contributed by atoms with E-state index in [0.717, 1.165) is 29.6 Å². The molecule has 31 heavy (non-hydrogen) atoms. The highest BCUT2D eigenvalue weighted by Gasteiger charge is 2.35. The van der Waals surface area contributed by atoms with Crippen LogP contribution >= 0.6 is 0 Å². The van der Waals surface area contributed by atoms with Crippen LogP contribution in [0.1, 0.15) is 95.1 Å². The molecule has 0 bridgehead atoms.